The van der Waals surface area contributed by atoms with Gasteiger partial charge in [-0.2, -0.15) is 5.10 Å². The zero-order valence-corrected chi connectivity index (χ0v) is 20.6. The van der Waals surface area contributed by atoms with E-state index >= 15 is 0 Å². The van der Waals surface area contributed by atoms with Crippen LogP contribution in [-0.4, -0.2) is 38.2 Å². The lowest BCUT2D eigenvalue weighted by Crippen LogP contribution is -2.33. The van der Waals surface area contributed by atoms with Crippen molar-refractivity contribution < 1.29 is 23.7 Å². The Labute approximate surface area is 206 Å². The minimum Gasteiger partial charge on any atom is -0.493 e. The second-order valence-corrected chi connectivity index (χ2v) is 8.92. The van der Waals surface area contributed by atoms with E-state index < -0.39 is 5.79 Å². The molecule has 1 heterocycles. The molecule has 1 aliphatic heterocycles. The summed E-state index contributed by atoms with van der Waals surface area (Å²) >= 11 is 2.21. The Morgan fingerprint density at radius 1 is 1.18 bits per heavy atom. The van der Waals surface area contributed by atoms with Crippen LogP contribution in [-0.2, 0) is 20.9 Å². The van der Waals surface area contributed by atoms with Gasteiger partial charge in [0.15, 0.2) is 17.3 Å². The summed E-state index contributed by atoms with van der Waals surface area (Å²) < 4.78 is 23.5. The van der Waals surface area contributed by atoms with Gasteiger partial charge in [0.05, 0.1) is 36.5 Å². The number of halogens is 1. The Bertz CT molecular complexity index is 1170. The molecule has 1 aliphatic rings. The van der Waals surface area contributed by atoms with Gasteiger partial charge in [-0.05, 0) is 63.5 Å². The summed E-state index contributed by atoms with van der Waals surface area (Å²) in [6.07, 6.45) is 1.64. The molecule has 0 spiro atoms. The molecule has 0 atom stereocenters. The van der Waals surface area contributed by atoms with E-state index in [-0.39, 0.29) is 12.3 Å². The normalized spacial score (nSPS) is 15.1. The van der Waals surface area contributed by atoms with Gasteiger partial charge in [0.1, 0.15) is 6.61 Å². The number of benzene rings is 3. The number of hydrogen-bond acceptors (Lipinski definition) is 6. The molecule has 3 aromatic rings. The predicted octanol–water partition coefficient (Wildman–Crippen LogP) is 4.64. The number of hydrazone groups is 1. The molecule has 8 heteroatoms. The Morgan fingerprint density at radius 3 is 2.73 bits per heavy atom. The fourth-order valence-electron chi connectivity index (χ4n) is 3.69. The van der Waals surface area contributed by atoms with Crippen LogP contribution in [0, 0.1) is 3.57 Å². The molecule has 1 fully saturated rings. The van der Waals surface area contributed by atoms with Crippen LogP contribution in [0.15, 0.2) is 59.7 Å². The first-order valence-electron chi connectivity index (χ1n) is 10.5. The zero-order valence-electron chi connectivity index (χ0n) is 18.5. The standard InChI is InChI=1S/C25H25IN2O5/c1-25(32-10-11-33-25)14-23(29)28-27-15-17-12-21(26)24(22(13-17)30-2)31-16-19-8-5-7-18-6-3-4-9-20(18)19/h3-9,12-13,15H,10-11,14,16H2,1-2H3,(H,28,29)/b27-15-. The van der Waals surface area contributed by atoms with Gasteiger partial charge in [-0.1, -0.05) is 42.5 Å². The molecule has 0 aromatic heterocycles. The van der Waals surface area contributed by atoms with Crippen LogP contribution in [0.1, 0.15) is 24.5 Å². The van der Waals surface area contributed by atoms with Gasteiger partial charge in [0, 0.05) is 0 Å². The summed E-state index contributed by atoms with van der Waals surface area (Å²) in [5.74, 6) is 0.0829. The maximum Gasteiger partial charge on any atom is 0.245 e. The van der Waals surface area contributed by atoms with Crippen molar-refractivity contribution >= 4 is 45.5 Å². The molecule has 7 nitrogen and oxygen atoms in total. The van der Waals surface area contributed by atoms with Crippen LogP contribution in [0.4, 0.5) is 0 Å². The monoisotopic (exact) mass is 560 g/mol. The Balaban J connectivity index is 1.43. The van der Waals surface area contributed by atoms with Crippen molar-refractivity contribution in [2.24, 2.45) is 5.10 Å². The van der Waals surface area contributed by atoms with E-state index in [9.17, 15) is 4.79 Å². The smallest absolute Gasteiger partial charge is 0.245 e. The highest BCUT2D eigenvalue weighted by Crippen LogP contribution is 2.34. The van der Waals surface area contributed by atoms with Gasteiger partial charge in [0.25, 0.3) is 0 Å². The Kier molecular flexibility index (Phi) is 7.46. The Hall–Kier alpha value is -2.69. The first-order chi connectivity index (χ1) is 16.0. The second-order valence-electron chi connectivity index (χ2n) is 7.76. The van der Waals surface area contributed by atoms with E-state index in [1.807, 2.05) is 30.3 Å². The van der Waals surface area contributed by atoms with Gasteiger partial charge in [0.2, 0.25) is 5.91 Å². The first kappa shape index (κ1) is 23.5. The van der Waals surface area contributed by atoms with Crippen molar-refractivity contribution in [2.45, 2.75) is 25.7 Å². The lowest BCUT2D eigenvalue weighted by atomic mass is 10.1. The maximum atomic E-state index is 12.1. The van der Waals surface area contributed by atoms with Crippen molar-refractivity contribution in [1.82, 2.24) is 5.43 Å². The van der Waals surface area contributed by atoms with E-state index in [0.717, 1.165) is 20.1 Å². The largest absolute Gasteiger partial charge is 0.493 e. The third-order valence-corrected chi connectivity index (χ3v) is 6.09. The highest BCUT2D eigenvalue weighted by molar-refractivity contribution is 14.1. The summed E-state index contributed by atoms with van der Waals surface area (Å²) in [7, 11) is 1.60. The van der Waals surface area contributed by atoms with E-state index in [4.69, 9.17) is 18.9 Å². The lowest BCUT2D eigenvalue weighted by molar-refractivity contribution is -0.159. The molecule has 1 saturated heterocycles. The fourth-order valence-corrected chi connectivity index (χ4v) is 4.47. The van der Waals surface area contributed by atoms with Crippen LogP contribution >= 0.6 is 22.6 Å². The van der Waals surface area contributed by atoms with Crippen molar-refractivity contribution in [3.05, 3.63) is 69.3 Å². The molecule has 0 radical (unpaired) electrons. The quantitative estimate of drug-likeness (QED) is 0.247. The molecule has 1 amide bonds. The lowest BCUT2D eigenvalue weighted by Gasteiger charge is -2.20. The number of methoxy groups -OCH3 is 1. The SMILES string of the molecule is COc1cc(/C=N\NC(=O)CC2(C)OCCO2)cc(I)c1OCc1cccc2ccccc12. The van der Waals surface area contributed by atoms with Gasteiger partial charge >= 0.3 is 0 Å². The molecule has 4 rings (SSSR count). The molecule has 33 heavy (non-hydrogen) atoms. The number of nitrogens with zero attached hydrogens (tertiary/aromatic N) is 1. The van der Waals surface area contributed by atoms with E-state index in [1.165, 1.54) is 5.39 Å². The molecular formula is C25H25IN2O5. The molecule has 1 N–H and O–H groups in total. The van der Waals surface area contributed by atoms with Crippen LogP contribution in [0.2, 0.25) is 0 Å². The maximum absolute atomic E-state index is 12.1. The van der Waals surface area contributed by atoms with Gasteiger partial charge in [-0.25, -0.2) is 5.43 Å². The number of hydrogen-bond donors (Lipinski definition) is 1. The molecule has 0 saturated carbocycles. The highest BCUT2D eigenvalue weighted by atomic mass is 127. The van der Waals surface area contributed by atoms with Crippen LogP contribution < -0.4 is 14.9 Å². The van der Waals surface area contributed by atoms with Crippen LogP contribution in [0.5, 0.6) is 11.5 Å². The Morgan fingerprint density at radius 2 is 1.94 bits per heavy atom. The highest BCUT2D eigenvalue weighted by Gasteiger charge is 2.33. The molecule has 0 aliphatic carbocycles. The summed E-state index contributed by atoms with van der Waals surface area (Å²) in [4.78, 5) is 12.1. The van der Waals surface area contributed by atoms with E-state index in [0.29, 0.717) is 31.3 Å². The molecular weight excluding hydrogens is 535 g/mol. The van der Waals surface area contributed by atoms with Crippen molar-refractivity contribution in [2.75, 3.05) is 20.3 Å². The summed E-state index contributed by atoms with van der Waals surface area (Å²) in [5.41, 5.74) is 4.39. The van der Waals surface area contributed by atoms with Crippen molar-refractivity contribution in [3.8, 4) is 11.5 Å². The second kappa shape index (κ2) is 10.5. The third kappa shape index (κ3) is 5.82. The molecule has 3 aromatic carbocycles. The van der Waals surface area contributed by atoms with Gasteiger partial charge in [-0.15, -0.1) is 0 Å². The van der Waals surface area contributed by atoms with Crippen molar-refractivity contribution in [1.29, 1.82) is 0 Å². The zero-order chi connectivity index (χ0) is 23.3. The van der Waals surface area contributed by atoms with Crippen LogP contribution in [0.25, 0.3) is 10.8 Å². The fraction of sp³-hybridized carbons (Fsp3) is 0.280. The third-order valence-electron chi connectivity index (χ3n) is 5.29. The van der Waals surface area contributed by atoms with Gasteiger partial charge < -0.3 is 18.9 Å². The minimum absolute atomic E-state index is 0.0755. The minimum atomic E-state index is -0.888. The number of carbonyl (C=O) groups excluding carboxylic acids is 1. The van der Waals surface area contributed by atoms with E-state index in [2.05, 4.69) is 57.4 Å². The average molecular weight is 560 g/mol. The molecule has 0 unspecified atom stereocenters. The first-order valence-corrected chi connectivity index (χ1v) is 11.6. The molecule has 0 bridgehead atoms. The number of ether oxygens (including phenoxy) is 4. The topological polar surface area (TPSA) is 78.4 Å². The van der Waals surface area contributed by atoms with Crippen molar-refractivity contribution in [3.63, 3.8) is 0 Å². The number of fused-ring (bicyclic) bond motifs is 1. The van der Waals surface area contributed by atoms with Crippen LogP contribution in [0.3, 0.4) is 0 Å². The number of carbonyl (C=O) groups is 1. The number of rotatable bonds is 8. The summed E-state index contributed by atoms with van der Waals surface area (Å²) in [6, 6.07) is 18.2. The summed E-state index contributed by atoms with van der Waals surface area (Å²) in [5, 5.41) is 6.39. The molecule has 172 valence electrons. The number of nitrogens with one attached hydrogen (secondary N) is 1. The number of amides is 1. The van der Waals surface area contributed by atoms with Gasteiger partial charge in [-0.3, -0.25) is 4.79 Å². The average Bonchev–Trinajstić information content (AvgIpc) is 3.23. The van der Waals surface area contributed by atoms with E-state index in [1.54, 1.807) is 20.2 Å². The summed E-state index contributed by atoms with van der Waals surface area (Å²) in [6.45, 7) is 3.13. The predicted molar refractivity (Wildman–Crippen MR) is 135 cm³/mol.